The van der Waals surface area contributed by atoms with Gasteiger partial charge in [-0.05, 0) is 36.4 Å². The average molecular weight is 392 g/mol. The lowest BCUT2D eigenvalue weighted by molar-refractivity contribution is -0.122. The Morgan fingerprint density at radius 2 is 1.73 bits per heavy atom. The molecule has 0 bridgehead atoms. The number of hydrogen-bond donors (Lipinski definition) is 1. The lowest BCUT2D eigenvalue weighted by Gasteiger charge is -2.19. The predicted molar refractivity (Wildman–Crippen MR) is 106 cm³/mol. The fraction of sp³-hybridized carbons (Fsp3) is 0.263. The van der Waals surface area contributed by atoms with Gasteiger partial charge in [0.05, 0.1) is 21.7 Å². The predicted octanol–water partition coefficient (Wildman–Crippen LogP) is 4.05. The molecule has 2 aromatic carbocycles. The SMILES string of the molecule is CN(C)c1ccc(NC(=O)C2CC(=O)N(c3c(Cl)cccc3Cl)C2)cc1. The number of rotatable bonds is 4. The van der Waals surface area contributed by atoms with Gasteiger partial charge in [0.2, 0.25) is 11.8 Å². The monoisotopic (exact) mass is 391 g/mol. The highest BCUT2D eigenvalue weighted by Crippen LogP contribution is 2.37. The van der Waals surface area contributed by atoms with Crippen molar-refractivity contribution < 1.29 is 9.59 Å². The molecule has 3 rings (SSSR count). The molecule has 26 heavy (non-hydrogen) atoms. The first-order valence-electron chi connectivity index (χ1n) is 8.19. The van der Waals surface area contributed by atoms with Crippen LogP contribution in [0.2, 0.25) is 10.0 Å². The van der Waals surface area contributed by atoms with Crippen LogP contribution >= 0.6 is 23.2 Å². The van der Waals surface area contributed by atoms with Gasteiger partial charge in [0.15, 0.2) is 0 Å². The summed E-state index contributed by atoms with van der Waals surface area (Å²) in [4.78, 5) is 28.4. The highest BCUT2D eigenvalue weighted by Gasteiger charge is 2.36. The lowest BCUT2D eigenvalue weighted by atomic mass is 10.1. The van der Waals surface area contributed by atoms with Gasteiger partial charge in [-0.1, -0.05) is 29.3 Å². The van der Waals surface area contributed by atoms with Crippen LogP contribution in [0.1, 0.15) is 6.42 Å². The van der Waals surface area contributed by atoms with Crippen molar-refractivity contribution in [2.75, 3.05) is 35.8 Å². The van der Waals surface area contributed by atoms with Gasteiger partial charge in [0, 0.05) is 38.4 Å². The van der Waals surface area contributed by atoms with Gasteiger partial charge in [-0.15, -0.1) is 0 Å². The summed E-state index contributed by atoms with van der Waals surface area (Å²) < 4.78 is 0. The summed E-state index contributed by atoms with van der Waals surface area (Å²) in [7, 11) is 3.90. The topological polar surface area (TPSA) is 52.7 Å². The third kappa shape index (κ3) is 3.79. The highest BCUT2D eigenvalue weighted by molar-refractivity contribution is 6.40. The van der Waals surface area contributed by atoms with Gasteiger partial charge in [-0.3, -0.25) is 9.59 Å². The van der Waals surface area contributed by atoms with Gasteiger partial charge in [0.25, 0.3) is 0 Å². The first-order valence-corrected chi connectivity index (χ1v) is 8.95. The molecular formula is C19H19Cl2N3O2. The Kier molecular flexibility index (Phi) is 5.39. The van der Waals surface area contributed by atoms with E-state index in [4.69, 9.17) is 23.2 Å². The molecule has 1 aliphatic rings. The summed E-state index contributed by atoms with van der Waals surface area (Å²) in [6.07, 6.45) is 0.128. The fourth-order valence-electron chi connectivity index (χ4n) is 2.93. The smallest absolute Gasteiger partial charge is 0.229 e. The number of nitrogens with zero attached hydrogens (tertiary/aromatic N) is 2. The molecular weight excluding hydrogens is 373 g/mol. The second-order valence-corrected chi connectivity index (χ2v) is 7.22. The van der Waals surface area contributed by atoms with Gasteiger partial charge < -0.3 is 15.1 Å². The third-order valence-electron chi connectivity index (χ3n) is 4.35. The number of carbonyl (C=O) groups excluding carboxylic acids is 2. The molecule has 7 heteroatoms. The Morgan fingerprint density at radius 1 is 1.12 bits per heavy atom. The van der Waals surface area contributed by atoms with E-state index in [1.807, 2.05) is 43.3 Å². The Morgan fingerprint density at radius 3 is 2.31 bits per heavy atom. The first-order chi connectivity index (χ1) is 12.4. The van der Waals surface area contributed by atoms with Crippen LogP contribution in [0.5, 0.6) is 0 Å². The maximum atomic E-state index is 12.6. The van der Waals surface area contributed by atoms with Crippen LogP contribution in [-0.4, -0.2) is 32.5 Å². The number of halogens is 2. The number of amides is 2. The third-order valence-corrected chi connectivity index (χ3v) is 4.96. The molecule has 0 radical (unpaired) electrons. The maximum absolute atomic E-state index is 12.6. The molecule has 1 heterocycles. The number of benzene rings is 2. The van der Waals surface area contributed by atoms with Crippen molar-refractivity contribution in [2.24, 2.45) is 5.92 Å². The van der Waals surface area contributed by atoms with E-state index in [1.54, 1.807) is 18.2 Å². The van der Waals surface area contributed by atoms with Crippen LogP contribution in [0.3, 0.4) is 0 Å². The Balaban J connectivity index is 1.71. The van der Waals surface area contributed by atoms with Crippen LogP contribution in [-0.2, 0) is 9.59 Å². The van der Waals surface area contributed by atoms with Crippen molar-refractivity contribution in [3.8, 4) is 0 Å². The van der Waals surface area contributed by atoms with Crippen molar-refractivity contribution in [3.63, 3.8) is 0 Å². The number of carbonyl (C=O) groups is 2. The molecule has 1 aliphatic heterocycles. The van der Waals surface area contributed by atoms with E-state index in [0.29, 0.717) is 21.4 Å². The largest absolute Gasteiger partial charge is 0.378 e. The second-order valence-electron chi connectivity index (χ2n) is 6.41. The van der Waals surface area contributed by atoms with Gasteiger partial charge >= 0.3 is 0 Å². The van der Waals surface area contributed by atoms with Crippen LogP contribution in [0.4, 0.5) is 17.1 Å². The van der Waals surface area contributed by atoms with Crippen molar-refractivity contribution in [2.45, 2.75) is 6.42 Å². The highest BCUT2D eigenvalue weighted by atomic mass is 35.5. The zero-order valence-corrected chi connectivity index (χ0v) is 16.0. The fourth-order valence-corrected chi connectivity index (χ4v) is 3.53. The van der Waals surface area contributed by atoms with E-state index < -0.39 is 5.92 Å². The molecule has 136 valence electrons. The lowest BCUT2D eigenvalue weighted by Crippen LogP contribution is -2.28. The Bertz CT molecular complexity index is 817. The molecule has 2 aromatic rings. The van der Waals surface area contributed by atoms with Crippen molar-refractivity contribution >= 4 is 52.1 Å². The zero-order chi connectivity index (χ0) is 18.8. The summed E-state index contributed by atoms with van der Waals surface area (Å²) in [6, 6.07) is 12.6. The molecule has 5 nitrogen and oxygen atoms in total. The molecule has 1 N–H and O–H groups in total. The summed E-state index contributed by atoms with van der Waals surface area (Å²) in [5.41, 5.74) is 2.20. The van der Waals surface area contributed by atoms with Crippen LogP contribution in [0.15, 0.2) is 42.5 Å². The Labute approximate surface area is 162 Å². The van der Waals surface area contributed by atoms with E-state index in [1.165, 1.54) is 4.90 Å². The molecule has 0 aliphatic carbocycles. The number of nitrogens with one attached hydrogen (secondary N) is 1. The van der Waals surface area contributed by atoms with E-state index >= 15 is 0 Å². The van der Waals surface area contributed by atoms with Crippen molar-refractivity contribution in [1.82, 2.24) is 0 Å². The van der Waals surface area contributed by atoms with E-state index in [9.17, 15) is 9.59 Å². The van der Waals surface area contributed by atoms with Crippen molar-refractivity contribution in [1.29, 1.82) is 0 Å². The summed E-state index contributed by atoms with van der Waals surface area (Å²) in [5.74, 6) is -0.812. The van der Waals surface area contributed by atoms with Gasteiger partial charge in [-0.2, -0.15) is 0 Å². The van der Waals surface area contributed by atoms with Crippen LogP contribution in [0.25, 0.3) is 0 Å². The summed E-state index contributed by atoms with van der Waals surface area (Å²) in [5, 5.41) is 3.66. The molecule has 2 amide bonds. The zero-order valence-electron chi connectivity index (χ0n) is 14.5. The second kappa shape index (κ2) is 7.56. The quantitative estimate of drug-likeness (QED) is 0.854. The van der Waals surface area contributed by atoms with E-state index in [2.05, 4.69) is 5.32 Å². The van der Waals surface area contributed by atoms with Gasteiger partial charge in [-0.25, -0.2) is 0 Å². The molecule has 0 aromatic heterocycles. The van der Waals surface area contributed by atoms with Gasteiger partial charge in [0.1, 0.15) is 0 Å². The Hall–Kier alpha value is -2.24. The minimum atomic E-state index is -0.455. The molecule has 1 fully saturated rings. The molecule has 1 atom stereocenters. The average Bonchev–Trinajstić information content (AvgIpc) is 2.97. The van der Waals surface area contributed by atoms with Crippen LogP contribution < -0.4 is 15.1 Å². The first kappa shape index (κ1) is 18.5. The van der Waals surface area contributed by atoms with Crippen LogP contribution in [0, 0.1) is 5.92 Å². The van der Waals surface area contributed by atoms with E-state index in [0.717, 1.165) is 5.69 Å². The molecule has 1 saturated heterocycles. The molecule has 0 spiro atoms. The van der Waals surface area contributed by atoms with E-state index in [-0.39, 0.29) is 24.8 Å². The minimum absolute atomic E-state index is 0.128. The minimum Gasteiger partial charge on any atom is -0.378 e. The number of anilines is 3. The normalized spacial score (nSPS) is 16.7. The van der Waals surface area contributed by atoms with Crippen molar-refractivity contribution in [3.05, 3.63) is 52.5 Å². The maximum Gasteiger partial charge on any atom is 0.229 e. The number of hydrogen-bond acceptors (Lipinski definition) is 3. The molecule has 1 unspecified atom stereocenters. The molecule has 0 saturated carbocycles. The summed E-state index contributed by atoms with van der Waals surface area (Å²) >= 11 is 12.4. The number of para-hydroxylation sites is 1. The standard InChI is InChI=1S/C19H19Cl2N3O2/c1-23(2)14-8-6-13(7-9-14)22-19(26)12-10-17(25)24(11-12)18-15(20)4-3-5-16(18)21/h3-9,12H,10-11H2,1-2H3,(H,22,26). The summed E-state index contributed by atoms with van der Waals surface area (Å²) in [6.45, 7) is 0.254.